The van der Waals surface area contributed by atoms with E-state index in [-0.39, 0.29) is 22.6 Å². The highest BCUT2D eigenvalue weighted by Crippen LogP contribution is 2.36. The molecule has 3 aromatic rings. The van der Waals surface area contributed by atoms with Gasteiger partial charge >= 0.3 is 0 Å². The van der Waals surface area contributed by atoms with Gasteiger partial charge in [-0.1, -0.05) is 11.6 Å². The van der Waals surface area contributed by atoms with Gasteiger partial charge in [-0.3, -0.25) is 14.9 Å². The van der Waals surface area contributed by atoms with Gasteiger partial charge in [0.15, 0.2) is 0 Å². The number of carbonyl (C=O) groups is 1. The predicted molar refractivity (Wildman–Crippen MR) is 114 cm³/mol. The molecule has 1 amide bonds. The van der Waals surface area contributed by atoms with Crippen molar-refractivity contribution in [1.82, 2.24) is 9.99 Å². The molecule has 1 aliphatic heterocycles. The van der Waals surface area contributed by atoms with Gasteiger partial charge in [0.25, 0.3) is 5.69 Å². The largest absolute Gasteiger partial charge is 0.494 e. The van der Waals surface area contributed by atoms with Crippen molar-refractivity contribution in [3.8, 4) is 5.75 Å². The zero-order valence-electron chi connectivity index (χ0n) is 16.6. The van der Waals surface area contributed by atoms with Crippen LogP contribution in [0.4, 0.5) is 5.69 Å². The Kier molecular flexibility index (Phi) is 5.43. The maximum atomic E-state index is 12.2. The van der Waals surface area contributed by atoms with Crippen LogP contribution in [0.25, 0.3) is 10.9 Å². The van der Waals surface area contributed by atoms with Gasteiger partial charge < -0.3 is 9.47 Å². The molecular weight excluding hydrogens is 424 g/mol. The molecule has 0 N–H and O–H groups in total. The number of rotatable bonds is 5. The van der Waals surface area contributed by atoms with Gasteiger partial charge in [-0.25, -0.2) is 4.98 Å². The number of pyridine rings is 1. The molecule has 0 radical (unpaired) electrons. The molecule has 1 aliphatic rings. The summed E-state index contributed by atoms with van der Waals surface area (Å²) in [6.45, 7) is 3.78. The zero-order valence-corrected chi connectivity index (χ0v) is 17.4. The zero-order chi connectivity index (χ0) is 22.1. The van der Waals surface area contributed by atoms with E-state index < -0.39 is 11.2 Å². The van der Waals surface area contributed by atoms with Crippen LogP contribution < -0.4 is 4.74 Å². The van der Waals surface area contributed by atoms with Crippen molar-refractivity contribution in [2.24, 2.45) is 5.10 Å². The molecule has 10 heteroatoms. The van der Waals surface area contributed by atoms with E-state index in [1.165, 1.54) is 36.2 Å². The van der Waals surface area contributed by atoms with E-state index in [1.54, 1.807) is 12.1 Å². The molecule has 4 rings (SSSR count). The monoisotopic (exact) mass is 440 g/mol. The maximum absolute atomic E-state index is 12.2. The van der Waals surface area contributed by atoms with Crippen LogP contribution in [0.2, 0.25) is 5.15 Å². The molecule has 0 aliphatic carbocycles. The fourth-order valence-electron chi connectivity index (χ4n) is 3.18. The number of hydrazone groups is 1. The molecule has 2 aromatic carbocycles. The summed E-state index contributed by atoms with van der Waals surface area (Å²) < 4.78 is 11.4. The number of hydrogen-bond acceptors (Lipinski definition) is 7. The number of hydrogen-bond donors (Lipinski definition) is 0. The molecule has 0 bridgehead atoms. The van der Waals surface area contributed by atoms with Crippen LogP contribution >= 0.6 is 11.6 Å². The van der Waals surface area contributed by atoms with E-state index in [4.69, 9.17) is 21.1 Å². The van der Waals surface area contributed by atoms with Crippen LogP contribution in [0.1, 0.15) is 31.2 Å². The highest BCUT2D eigenvalue weighted by atomic mass is 35.5. The van der Waals surface area contributed by atoms with E-state index in [2.05, 4.69) is 10.1 Å². The number of aromatic nitrogens is 1. The van der Waals surface area contributed by atoms with Crippen LogP contribution in [0.3, 0.4) is 0 Å². The van der Waals surface area contributed by atoms with E-state index in [1.807, 2.05) is 19.1 Å². The fraction of sp³-hybridized carbons (Fsp3) is 0.190. The number of non-ortho nitro benzene ring substituents is 1. The van der Waals surface area contributed by atoms with Crippen molar-refractivity contribution < 1.29 is 19.2 Å². The summed E-state index contributed by atoms with van der Waals surface area (Å²) in [4.78, 5) is 27.0. The highest BCUT2D eigenvalue weighted by molar-refractivity contribution is 6.30. The summed E-state index contributed by atoms with van der Waals surface area (Å²) in [6.07, 6.45) is -0.918. The number of halogens is 1. The average molecular weight is 441 g/mol. The quantitative estimate of drug-likeness (QED) is 0.330. The Balaban J connectivity index is 1.69. The molecule has 0 saturated carbocycles. The topological polar surface area (TPSA) is 107 Å². The summed E-state index contributed by atoms with van der Waals surface area (Å²) in [5, 5.41) is 17.2. The fourth-order valence-corrected chi connectivity index (χ4v) is 3.42. The van der Waals surface area contributed by atoms with Gasteiger partial charge in [-0.2, -0.15) is 5.01 Å². The number of amides is 1. The van der Waals surface area contributed by atoms with Crippen molar-refractivity contribution >= 4 is 40.0 Å². The molecule has 31 heavy (non-hydrogen) atoms. The van der Waals surface area contributed by atoms with E-state index in [0.717, 1.165) is 5.39 Å². The molecule has 0 spiro atoms. The van der Waals surface area contributed by atoms with E-state index >= 15 is 0 Å². The number of fused-ring (bicyclic) bond motifs is 1. The highest BCUT2D eigenvalue weighted by Gasteiger charge is 2.35. The van der Waals surface area contributed by atoms with Crippen molar-refractivity contribution in [3.05, 3.63) is 74.9 Å². The first-order valence-corrected chi connectivity index (χ1v) is 9.78. The minimum absolute atomic E-state index is 0.0597. The lowest BCUT2D eigenvalue weighted by Gasteiger charge is -2.20. The summed E-state index contributed by atoms with van der Waals surface area (Å²) >= 11 is 6.44. The molecule has 0 fully saturated rings. The number of carbonyl (C=O) groups excluding carboxylic acids is 1. The lowest BCUT2D eigenvalue weighted by atomic mass is 10.1. The van der Waals surface area contributed by atoms with Crippen LogP contribution in [-0.2, 0) is 9.53 Å². The Morgan fingerprint density at radius 3 is 2.65 bits per heavy atom. The molecular formula is C21H17ClN4O5. The summed E-state index contributed by atoms with van der Waals surface area (Å²) in [5.74, 6) is 0.473. The molecule has 2 heterocycles. The Bertz CT molecular complexity index is 1210. The van der Waals surface area contributed by atoms with Crippen molar-refractivity contribution in [2.75, 3.05) is 6.61 Å². The maximum Gasteiger partial charge on any atom is 0.269 e. The van der Waals surface area contributed by atoms with Gasteiger partial charge in [0.2, 0.25) is 18.0 Å². The predicted octanol–water partition coefficient (Wildman–Crippen LogP) is 4.43. The Morgan fingerprint density at radius 1 is 1.26 bits per heavy atom. The van der Waals surface area contributed by atoms with E-state index in [0.29, 0.717) is 29.0 Å². The second kappa shape index (κ2) is 8.19. The van der Waals surface area contributed by atoms with Crippen LogP contribution in [-0.4, -0.2) is 33.3 Å². The van der Waals surface area contributed by atoms with Gasteiger partial charge in [-0.05, 0) is 37.3 Å². The lowest BCUT2D eigenvalue weighted by molar-refractivity contribution is -0.384. The standard InChI is InChI=1S/C21H17ClN4O5/c1-3-30-16-9-6-14-10-17(19(22)23-18(14)11-16)21-25(12(2)27)24-20(31-21)13-4-7-15(8-5-13)26(28)29/h4-11,21H,3H2,1-2H3. The van der Waals surface area contributed by atoms with Gasteiger partial charge in [-0.15, -0.1) is 5.10 Å². The normalized spacial score (nSPS) is 15.5. The number of ether oxygens (including phenoxy) is 2. The van der Waals surface area contributed by atoms with Gasteiger partial charge in [0.1, 0.15) is 10.9 Å². The van der Waals surface area contributed by atoms with Gasteiger partial charge in [0.05, 0.1) is 22.6 Å². The third kappa shape index (κ3) is 3.99. The summed E-state index contributed by atoms with van der Waals surface area (Å²) in [7, 11) is 0. The second-order valence-corrected chi connectivity index (χ2v) is 7.06. The third-order valence-electron chi connectivity index (χ3n) is 4.64. The first kappa shape index (κ1) is 20.5. The Hall–Kier alpha value is -3.72. The SMILES string of the molecule is CCOc1ccc2cc(C3OC(c4ccc([N+](=O)[O-])cc4)=NN3C(C)=O)c(Cl)nc2c1. The smallest absolute Gasteiger partial charge is 0.269 e. The molecule has 1 atom stereocenters. The van der Waals surface area contributed by atoms with Crippen molar-refractivity contribution in [2.45, 2.75) is 20.1 Å². The number of nitrogens with zero attached hydrogens (tertiary/aromatic N) is 4. The molecule has 0 saturated heterocycles. The third-order valence-corrected chi connectivity index (χ3v) is 4.94. The Morgan fingerprint density at radius 2 is 2.00 bits per heavy atom. The lowest BCUT2D eigenvalue weighted by Crippen LogP contribution is -2.25. The summed E-state index contributed by atoms with van der Waals surface area (Å²) in [5.41, 5.74) is 1.54. The average Bonchev–Trinajstić information content (AvgIpc) is 3.19. The molecule has 9 nitrogen and oxygen atoms in total. The summed E-state index contributed by atoms with van der Waals surface area (Å²) in [6, 6.07) is 12.9. The van der Waals surface area contributed by atoms with Gasteiger partial charge in [0, 0.05) is 36.1 Å². The van der Waals surface area contributed by atoms with Crippen molar-refractivity contribution in [1.29, 1.82) is 0 Å². The molecule has 158 valence electrons. The van der Waals surface area contributed by atoms with Crippen LogP contribution in [0.5, 0.6) is 5.75 Å². The first-order valence-electron chi connectivity index (χ1n) is 9.40. The number of nitro groups is 1. The molecule has 1 unspecified atom stereocenters. The van der Waals surface area contributed by atoms with E-state index in [9.17, 15) is 14.9 Å². The number of benzene rings is 2. The van der Waals surface area contributed by atoms with Crippen LogP contribution in [0, 0.1) is 10.1 Å². The Labute approximate surface area is 182 Å². The second-order valence-electron chi connectivity index (χ2n) is 6.70. The van der Waals surface area contributed by atoms with Crippen LogP contribution in [0.15, 0.2) is 53.6 Å². The minimum Gasteiger partial charge on any atom is -0.494 e. The van der Waals surface area contributed by atoms with Crippen molar-refractivity contribution in [3.63, 3.8) is 0 Å². The number of nitro benzene ring substituents is 1. The first-order chi connectivity index (χ1) is 14.9. The molecule has 1 aromatic heterocycles. The minimum atomic E-state index is -0.918.